The molecule has 4 unspecified atom stereocenters. The molecule has 1 aliphatic heterocycles. The summed E-state index contributed by atoms with van der Waals surface area (Å²) >= 11 is 0. The second kappa shape index (κ2) is 14.8. The molecular formula is C23H44O4. The van der Waals surface area contributed by atoms with Gasteiger partial charge in [0, 0.05) is 7.11 Å². The molecule has 0 aromatic heterocycles. The van der Waals surface area contributed by atoms with Crippen molar-refractivity contribution in [2.75, 3.05) is 33.7 Å². The number of unbranched alkanes of at least 4 members (excludes halogenated alkanes) is 6. The van der Waals surface area contributed by atoms with Crippen LogP contribution in [0.3, 0.4) is 0 Å². The first-order chi connectivity index (χ1) is 13.3. The number of rotatable bonds is 18. The van der Waals surface area contributed by atoms with Gasteiger partial charge in [-0.15, -0.1) is 0 Å². The van der Waals surface area contributed by atoms with Gasteiger partial charge in [0.2, 0.25) is 0 Å². The van der Waals surface area contributed by atoms with Gasteiger partial charge in [0.05, 0.1) is 32.0 Å². The molecule has 27 heavy (non-hydrogen) atoms. The molecule has 160 valence electrons. The van der Waals surface area contributed by atoms with E-state index in [1.807, 2.05) is 0 Å². The molecule has 1 saturated carbocycles. The van der Waals surface area contributed by atoms with Crippen molar-refractivity contribution in [3.8, 4) is 0 Å². The lowest BCUT2D eigenvalue weighted by Crippen LogP contribution is -2.17. The zero-order valence-electron chi connectivity index (χ0n) is 18.0. The minimum Gasteiger partial charge on any atom is -0.382 e. The average Bonchev–Trinajstić information content (AvgIpc) is 3.46. The van der Waals surface area contributed by atoms with Crippen LogP contribution in [-0.4, -0.2) is 45.9 Å². The minimum absolute atomic E-state index is 0.401. The quantitative estimate of drug-likeness (QED) is 0.172. The molecule has 2 aliphatic rings. The van der Waals surface area contributed by atoms with Gasteiger partial charge in [0.25, 0.3) is 0 Å². The summed E-state index contributed by atoms with van der Waals surface area (Å²) in [6, 6.07) is 0. The fourth-order valence-electron chi connectivity index (χ4n) is 4.40. The molecule has 0 amide bonds. The highest BCUT2D eigenvalue weighted by Crippen LogP contribution is 2.41. The maximum absolute atomic E-state index is 5.82. The second-order valence-electron chi connectivity index (χ2n) is 8.64. The summed E-state index contributed by atoms with van der Waals surface area (Å²) in [4.78, 5) is 0. The van der Waals surface area contributed by atoms with Crippen LogP contribution < -0.4 is 0 Å². The van der Waals surface area contributed by atoms with Gasteiger partial charge < -0.3 is 18.9 Å². The molecule has 2 rings (SSSR count). The van der Waals surface area contributed by atoms with E-state index in [1.165, 1.54) is 83.5 Å². The molecule has 4 heteroatoms. The first-order valence-corrected chi connectivity index (χ1v) is 11.6. The largest absolute Gasteiger partial charge is 0.382 e. The van der Waals surface area contributed by atoms with Crippen molar-refractivity contribution in [3.63, 3.8) is 0 Å². The monoisotopic (exact) mass is 384 g/mol. The zero-order valence-corrected chi connectivity index (χ0v) is 18.0. The minimum atomic E-state index is 0.401. The van der Waals surface area contributed by atoms with E-state index >= 15 is 0 Å². The Morgan fingerprint density at radius 2 is 1.70 bits per heavy atom. The van der Waals surface area contributed by atoms with Crippen LogP contribution in [0.1, 0.15) is 90.4 Å². The lowest BCUT2D eigenvalue weighted by atomic mass is 9.83. The highest BCUT2D eigenvalue weighted by atomic mass is 16.7. The topological polar surface area (TPSA) is 40.2 Å². The molecular weight excluding hydrogens is 340 g/mol. The number of epoxide rings is 1. The lowest BCUT2D eigenvalue weighted by molar-refractivity contribution is -0.0765. The molecule has 0 bridgehead atoms. The third-order valence-electron chi connectivity index (χ3n) is 6.26. The SMILES string of the molecule is CCCCCCCCCC(CCC1CCC2OC2C1)COCOCCOC. The predicted octanol–water partition coefficient (Wildman–Crippen LogP) is 5.73. The van der Waals surface area contributed by atoms with Gasteiger partial charge in [-0.25, -0.2) is 0 Å². The van der Waals surface area contributed by atoms with Crippen LogP contribution >= 0.6 is 0 Å². The smallest absolute Gasteiger partial charge is 0.146 e. The van der Waals surface area contributed by atoms with Crippen LogP contribution in [0.15, 0.2) is 0 Å². The summed E-state index contributed by atoms with van der Waals surface area (Å²) in [5.41, 5.74) is 0. The highest BCUT2D eigenvalue weighted by Gasteiger charge is 2.43. The maximum Gasteiger partial charge on any atom is 0.146 e. The molecule has 4 atom stereocenters. The Morgan fingerprint density at radius 3 is 2.48 bits per heavy atom. The highest BCUT2D eigenvalue weighted by molar-refractivity contribution is 4.91. The van der Waals surface area contributed by atoms with Crippen molar-refractivity contribution in [2.45, 2.75) is 103 Å². The Labute approximate surface area is 167 Å². The zero-order chi connectivity index (χ0) is 19.2. The Balaban J connectivity index is 1.56. The number of hydrogen-bond acceptors (Lipinski definition) is 4. The van der Waals surface area contributed by atoms with Crippen LogP contribution in [0.2, 0.25) is 0 Å². The summed E-state index contributed by atoms with van der Waals surface area (Å²) in [5.74, 6) is 1.56. The Kier molecular flexibility index (Phi) is 12.7. The van der Waals surface area contributed by atoms with Crippen molar-refractivity contribution in [3.05, 3.63) is 0 Å². The van der Waals surface area contributed by atoms with Crippen molar-refractivity contribution < 1.29 is 18.9 Å². The van der Waals surface area contributed by atoms with E-state index in [-0.39, 0.29) is 0 Å². The molecule has 1 saturated heterocycles. The van der Waals surface area contributed by atoms with Crippen LogP contribution in [0.4, 0.5) is 0 Å². The van der Waals surface area contributed by atoms with E-state index in [4.69, 9.17) is 18.9 Å². The summed E-state index contributed by atoms with van der Waals surface area (Å²) in [5, 5.41) is 0. The number of ether oxygens (including phenoxy) is 4. The van der Waals surface area contributed by atoms with E-state index in [2.05, 4.69) is 6.92 Å². The molecule has 0 N–H and O–H groups in total. The Hall–Kier alpha value is -0.160. The molecule has 0 radical (unpaired) electrons. The van der Waals surface area contributed by atoms with Gasteiger partial charge in [-0.1, -0.05) is 58.3 Å². The summed E-state index contributed by atoms with van der Waals surface area (Å²) < 4.78 is 22.0. The molecule has 2 fully saturated rings. The summed E-state index contributed by atoms with van der Waals surface area (Å²) in [7, 11) is 1.70. The van der Waals surface area contributed by atoms with Crippen LogP contribution in [0, 0.1) is 11.8 Å². The second-order valence-corrected chi connectivity index (χ2v) is 8.64. The Bertz CT molecular complexity index is 349. The number of methoxy groups -OCH3 is 1. The molecule has 0 aromatic rings. The first kappa shape index (κ1) is 23.1. The lowest BCUT2D eigenvalue weighted by Gasteiger charge is -2.23. The standard InChI is InChI=1S/C23H44O4/c1-3-4-5-6-7-8-9-10-21(18-26-19-25-16-15-24-2)12-11-20-13-14-22-23(17-20)27-22/h20-23H,3-19H2,1-2H3. The van der Waals surface area contributed by atoms with Crippen LogP contribution in [0.5, 0.6) is 0 Å². The number of hydrogen-bond donors (Lipinski definition) is 0. The molecule has 0 aromatic carbocycles. The van der Waals surface area contributed by atoms with Crippen LogP contribution in [0.25, 0.3) is 0 Å². The van der Waals surface area contributed by atoms with E-state index in [9.17, 15) is 0 Å². The number of fused-ring (bicyclic) bond motifs is 1. The maximum atomic E-state index is 5.82. The molecule has 1 aliphatic carbocycles. The molecule has 1 heterocycles. The Morgan fingerprint density at radius 1 is 0.889 bits per heavy atom. The van der Waals surface area contributed by atoms with Gasteiger partial charge in [0.15, 0.2) is 0 Å². The van der Waals surface area contributed by atoms with Crippen molar-refractivity contribution >= 4 is 0 Å². The van der Waals surface area contributed by atoms with Crippen LogP contribution in [-0.2, 0) is 18.9 Å². The fourth-order valence-corrected chi connectivity index (χ4v) is 4.40. The summed E-state index contributed by atoms with van der Waals surface area (Å²) in [6.45, 7) is 4.78. The first-order valence-electron chi connectivity index (χ1n) is 11.6. The van der Waals surface area contributed by atoms with E-state index in [1.54, 1.807) is 7.11 Å². The van der Waals surface area contributed by atoms with Gasteiger partial charge in [0.1, 0.15) is 6.79 Å². The predicted molar refractivity (Wildman–Crippen MR) is 110 cm³/mol. The molecule has 4 nitrogen and oxygen atoms in total. The van der Waals surface area contributed by atoms with E-state index < -0.39 is 0 Å². The normalized spacial score (nSPS) is 25.3. The van der Waals surface area contributed by atoms with E-state index in [0.717, 1.165) is 12.5 Å². The van der Waals surface area contributed by atoms with Gasteiger partial charge >= 0.3 is 0 Å². The average molecular weight is 385 g/mol. The molecule has 0 spiro atoms. The third kappa shape index (κ3) is 10.8. The van der Waals surface area contributed by atoms with Gasteiger partial charge in [-0.3, -0.25) is 0 Å². The van der Waals surface area contributed by atoms with Gasteiger partial charge in [-0.05, 0) is 43.9 Å². The third-order valence-corrected chi connectivity index (χ3v) is 6.26. The van der Waals surface area contributed by atoms with Gasteiger partial charge in [-0.2, -0.15) is 0 Å². The summed E-state index contributed by atoms with van der Waals surface area (Å²) in [6.07, 6.45) is 18.8. The van der Waals surface area contributed by atoms with Crippen molar-refractivity contribution in [1.29, 1.82) is 0 Å². The van der Waals surface area contributed by atoms with E-state index in [0.29, 0.717) is 38.1 Å². The fraction of sp³-hybridized carbons (Fsp3) is 1.00. The van der Waals surface area contributed by atoms with Crippen molar-refractivity contribution in [2.24, 2.45) is 11.8 Å². The van der Waals surface area contributed by atoms with Crippen molar-refractivity contribution in [1.82, 2.24) is 0 Å².